The molecule has 0 saturated heterocycles. The predicted octanol–water partition coefficient (Wildman–Crippen LogP) is 5.86. The number of azo groups is 1. The Labute approximate surface area is 144 Å². The Kier molecular flexibility index (Phi) is 3.82. The molecule has 0 fully saturated rings. The van der Waals surface area contributed by atoms with Crippen LogP contribution in [0.3, 0.4) is 0 Å². The van der Waals surface area contributed by atoms with Crippen LogP contribution in [0.5, 0.6) is 0 Å². The first-order valence-electron chi connectivity index (χ1n) is 7.93. The number of rotatable bonds is 3. The molecule has 0 spiro atoms. The summed E-state index contributed by atoms with van der Waals surface area (Å²) in [6.45, 7) is 2.00. The Bertz CT molecular complexity index is 1070. The van der Waals surface area contributed by atoms with Crippen molar-refractivity contribution in [3.63, 3.8) is 0 Å². The highest BCUT2D eigenvalue weighted by Crippen LogP contribution is 2.33. The summed E-state index contributed by atoms with van der Waals surface area (Å²) in [5.74, 6) is 0.280. The number of benzene rings is 2. The van der Waals surface area contributed by atoms with Crippen LogP contribution in [0.4, 0.5) is 15.9 Å². The standard InChI is InChI=1S/C20H15FN4/c1-14-7-6-12-25-19(14)22-18(15-8-3-2-4-9-15)20(25)24-23-17-11-5-10-16(21)13-17/h2-13H,1H3. The minimum absolute atomic E-state index is 0.339. The second kappa shape index (κ2) is 6.28. The van der Waals surface area contributed by atoms with Crippen LogP contribution in [-0.4, -0.2) is 9.38 Å². The third-order valence-corrected chi connectivity index (χ3v) is 3.94. The van der Waals surface area contributed by atoms with E-state index in [1.165, 1.54) is 12.1 Å². The fourth-order valence-electron chi connectivity index (χ4n) is 2.72. The summed E-state index contributed by atoms with van der Waals surface area (Å²) in [5, 5.41) is 8.58. The second-order valence-electron chi connectivity index (χ2n) is 5.71. The van der Waals surface area contributed by atoms with Crippen molar-refractivity contribution in [3.8, 4) is 11.3 Å². The number of nitrogens with zero attached hydrogens (tertiary/aromatic N) is 4. The molecule has 4 aromatic rings. The smallest absolute Gasteiger partial charge is 0.187 e. The van der Waals surface area contributed by atoms with Crippen LogP contribution < -0.4 is 0 Å². The van der Waals surface area contributed by atoms with Gasteiger partial charge in [0, 0.05) is 17.8 Å². The molecule has 0 aliphatic carbocycles. The van der Waals surface area contributed by atoms with Crippen LogP contribution in [0.25, 0.3) is 16.9 Å². The Balaban J connectivity index is 1.90. The van der Waals surface area contributed by atoms with Gasteiger partial charge in [-0.1, -0.05) is 42.5 Å². The third kappa shape index (κ3) is 2.92. The van der Waals surface area contributed by atoms with Gasteiger partial charge < -0.3 is 0 Å². The molecule has 5 heteroatoms. The fraction of sp³-hybridized carbons (Fsp3) is 0.0500. The molecule has 0 amide bonds. The van der Waals surface area contributed by atoms with Crippen molar-refractivity contribution < 1.29 is 4.39 Å². The molecule has 0 saturated carbocycles. The lowest BCUT2D eigenvalue weighted by atomic mass is 10.1. The first-order valence-corrected chi connectivity index (χ1v) is 7.93. The first-order chi connectivity index (χ1) is 12.2. The van der Waals surface area contributed by atoms with Gasteiger partial charge in [-0.05, 0) is 30.7 Å². The van der Waals surface area contributed by atoms with E-state index in [1.54, 1.807) is 12.1 Å². The van der Waals surface area contributed by atoms with E-state index in [0.29, 0.717) is 11.5 Å². The van der Waals surface area contributed by atoms with Crippen molar-refractivity contribution in [2.75, 3.05) is 0 Å². The maximum absolute atomic E-state index is 13.4. The Morgan fingerprint density at radius 2 is 1.76 bits per heavy atom. The molecule has 2 aromatic carbocycles. The molecule has 25 heavy (non-hydrogen) atoms. The fourth-order valence-corrected chi connectivity index (χ4v) is 2.72. The van der Waals surface area contributed by atoms with Gasteiger partial charge in [-0.3, -0.25) is 4.40 Å². The molecule has 4 nitrogen and oxygen atoms in total. The molecular formula is C20H15FN4. The molecule has 0 atom stereocenters. The SMILES string of the molecule is Cc1cccn2c(N=Nc3cccc(F)c3)c(-c3ccccc3)nc12. The molecule has 4 rings (SSSR count). The van der Waals surface area contributed by atoms with Gasteiger partial charge in [-0.2, -0.15) is 0 Å². The zero-order chi connectivity index (χ0) is 17.2. The molecule has 0 bridgehead atoms. The quantitative estimate of drug-likeness (QED) is 0.433. The summed E-state index contributed by atoms with van der Waals surface area (Å²) in [5.41, 5.74) is 4.04. The zero-order valence-corrected chi connectivity index (χ0v) is 13.6. The summed E-state index contributed by atoms with van der Waals surface area (Å²) >= 11 is 0. The van der Waals surface area contributed by atoms with Crippen molar-refractivity contribution in [2.45, 2.75) is 6.92 Å². The van der Waals surface area contributed by atoms with Crippen molar-refractivity contribution in [1.29, 1.82) is 0 Å². The maximum Gasteiger partial charge on any atom is 0.187 e. The molecule has 2 aromatic heterocycles. The number of hydrogen-bond acceptors (Lipinski definition) is 3. The largest absolute Gasteiger partial charge is 0.282 e. The van der Waals surface area contributed by atoms with Crippen molar-refractivity contribution in [2.24, 2.45) is 10.2 Å². The van der Waals surface area contributed by atoms with Gasteiger partial charge in [0.1, 0.15) is 17.2 Å². The van der Waals surface area contributed by atoms with E-state index in [4.69, 9.17) is 4.98 Å². The molecule has 122 valence electrons. The summed E-state index contributed by atoms with van der Waals surface area (Å²) in [6, 6.07) is 19.8. The number of imidazole rings is 1. The minimum atomic E-state index is -0.339. The van der Waals surface area contributed by atoms with Crippen LogP contribution >= 0.6 is 0 Å². The molecule has 0 aliphatic heterocycles. The summed E-state index contributed by atoms with van der Waals surface area (Å²) in [6.07, 6.45) is 1.90. The summed E-state index contributed by atoms with van der Waals surface area (Å²) in [4.78, 5) is 4.75. The van der Waals surface area contributed by atoms with Gasteiger partial charge in [-0.15, -0.1) is 10.2 Å². The first kappa shape index (κ1) is 15.2. The molecular weight excluding hydrogens is 315 g/mol. The van der Waals surface area contributed by atoms with Crippen molar-refractivity contribution in [1.82, 2.24) is 9.38 Å². The third-order valence-electron chi connectivity index (χ3n) is 3.94. The van der Waals surface area contributed by atoms with Gasteiger partial charge in [0.25, 0.3) is 0 Å². The molecule has 2 heterocycles. The zero-order valence-electron chi connectivity index (χ0n) is 13.6. The van der Waals surface area contributed by atoms with E-state index in [9.17, 15) is 4.39 Å². The highest BCUT2D eigenvalue weighted by molar-refractivity contribution is 5.75. The van der Waals surface area contributed by atoms with Gasteiger partial charge >= 0.3 is 0 Å². The van der Waals surface area contributed by atoms with Crippen LogP contribution in [-0.2, 0) is 0 Å². The highest BCUT2D eigenvalue weighted by atomic mass is 19.1. The van der Waals surface area contributed by atoms with Gasteiger partial charge in [0.15, 0.2) is 5.82 Å². The number of fused-ring (bicyclic) bond motifs is 1. The molecule has 0 radical (unpaired) electrons. The number of hydrogen-bond donors (Lipinski definition) is 0. The molecule has 0 N–H and O–H groups in total. The number of aromatic nitrogens is 2. The van der Waals surface area contributed by atoms with Gasteiger partial charge in [0.05, 0.1) is 5.69 Å². The van der Waals surface area contributed by atoms with Crippen LogP contribution in [0.2, 0.25) is 0 Å². The average molecular weight is 330 g/mol. The monoisotopic (exact) mass is 330 g/mol. The lowest BCUT2D eigenvalue weighted by molar-refractivity contribution is 0.628. The lowest BCUT2D eigenvalue weighted by Gasteiger charge is -2.00. The van der Waals surface area contributed by atoms with Gasteiger partial charge in [-0.25, -0.2) is 9.37 Å². The van der Waals surface area contributed by atoms with Crippen LogP contribution in [0.15, 0.2) is 83.2 Å². The van der Waals surface area contributed by atoms with E-state index in [0.717, 1.165) is 22.5 Å². The molecule has 0 unspecified atom stereocenters. The predicted molar refractivity (Wildman–Crippen MR) is 95.9 cm³/mol. The van der Waals surface area contributed by atoms with Gasteiger partial charge in [0.2, 0.25) is 0 Å². The normalized spacial score (nSPS) is 11.4. The Morgan fingerprint density at radius 3 is 2.56 bits per heavy atom. The second-order valence-corrected chi connectivity index (χ2v) is 5.71. The van der Waals surface area contributed by atoms with Crippen LogP contribution in [0, 0.1) is 12.7 Å². The van der Waals surface area contributed by atoms with E-state index < -0.39 is 0 Å². The lowest BCUT2D eigenvalue weighted by Crippen LogP contribution is -1.85. The molecule has 0 aliphatic rings. The maximum atomic E-state index is 13.4. The van der Waals surface area contributed by atoms with Crippen molar-refractivity contribution in [3.05, 3.63) is 84.3 Å². The van der Waals surface area contributed by atoms with Crippen molar-refractivity contribution >= 4 is 17.2 Å². The summed E-state index contributed by atoms with van der Waals surface area (Å²) < 4.78 is 15.3. The van der Waals surface area contributed by atoms with E-state index in [2.05, 4.69) is 10.2 Å². The number of halogens is 1. The summed E-state index contributed by atoms with van der Waals surface area (Å²) in [7, 11) is 0. The van der Waals surface area contributed by atoms with E-state index >= 15 is 0 Å². The number of pyridine rings is 1. The topological polar surface area (TPSA) is 42.0 Å². The average Bonchev–Trinajstić information content (AvgIpc) is 3.01. The number of aryl methyl sites for hydroxylation is 1. The van der Waals surface area contributed by atoms with E-state index in [-0.39, 0.29) is 5.82 Å². The Hall–Kier alpha value is -3.34. The minimum Gasteiger partial charge on any atom is -0.282 e. The van der Waals surface area contributed by atoms with E-state index in [1.807, 2.05) is 60.0 Å². The Morgan fingerprint density at radius 1 is 0.920 bits per heavy atom. The van der Waals surface area contributed by atoms with Crippen LogP contribution in [0.1, 0.15) is 5.56 Å². The highest BCUT2D eigenvalue weighted by Gasteiger charge is 2.14.